The standard InChI is InChI=1S/C31H29N3O/c1-23-28(20-25(21-32-23)18-17-24-10-4-2-5-11-24)31(35)29-15-8-16-30(33-29)34-19-9-14-27(22-34)26-12-6-3-7-13-26/h2-8,10-13,15-18,20-21,27H,9,14,19,22H2,1H3/b18-17+. The normalized spacial score (nSPS) is 15.9. The highest BCUT2D eigenvalue weighted by atomic mass is 16.1. The minimum atomic E-state index is -0.0940. The number of benzene rings is 2. The number of rotatable bonds is 6. The van der Waals surface area contributed by atoms with Gasteiger partial charge in [0.25, 0.3) is 0 Å². The molecule has 0 amide bonds. The summed E-state index contributed by atoms with van der Waals surface area (Å²) < 4.78 is 0. The molecule has 0 saturated carbocycles. The first-order valence-corrected chi connectivity index (χ1v) is 12.2. The molecule has 4 heteroatoms. The van der Waals surface area contributed by atoms with E-state index in [9.17, 15) is 4.79 Å². The van der Waals surface area contributed by atoms with Crippen LogP contribution in [0.5, 0.6) is 0 Å². The summed E-state index contributed by atoms with van der Waals surface area (Å²) in [4.78, 5) is 25.1. The molecule has 2 aromatic heterocycles. The molecule has 2 aromatic carbocycles. The van der Waals surface area contributed by atoms with Crippen LogP contribution in [0.25, 0.3) is 12.2 Å². The zero-order valence-electron chi connectivity index (χ0n) is 20.0. The third kappa shape index (κ3) is 5.38. The van der Waals surface area contributed by atoms with Gasteiger partial charge in [-0.15, -0.1) is 0 Å². The first kappa shape index (κ1) is 22.7. The molecule has 1 aliphatic heterocycles. The lowest BCUT2D eigenvalue weighted by Gasteiger charge is -2.34. The van der Waals surface area contributed by atoms with Crippen LogP contribution < -0.4 is 4.90 Å². The van der Waals surface area contributed by atoms with Crippen molar-refractivity contribution in [3.8, 4) is 0 Å². The molecule has 35 heavy (non-hydrogen) atoms. The van der Waals surface area contributed by atoms with Gasteiger partial charge in [0.2, 0.25) is 5.78 Å². The number of ketones is 1. The predicted molar refractivity (Wildman–Crippen MR) is 143 cm³/mol. The predicted octanol–water partition coefficient (Wildman–Crippen LogP) is 6.57. The Morgan fingerprint density at radius 2 is 1.66 bits per heavy atom. The Kier molecular flexibility index (Phi) is 6.80. The Bertz CT molecular complexity index is 1330. The maximum atomic E-state index is 13.5. The van der Waals surface area contributed by atoms with Gasteiger partial charge in [0, 0.05) is 36.5 Å². The van der Waals surface area contributed by atoms with Crippen LogP contribution in [0, 0.1) is 6.92 Å². The van der Waals surface area contributed by atoms with E-state index in [2.05, 4.69) is 40.2 Å². The molecule has 0 N–H and O–H groups in total. The molecule has 1 atom stereocenters. The average Bonchev–Trinajstić information content (AvgIpc) is 2.93. The molecule has 1 aliphatic rings. The average molecular weight is 460 g/mol. The number of aryl methyl sites for hydroxylation is 1. The fraction of sp³-hybridized carbons (Fsp3) is 0.194. The summed E-state index contributed by atoms with van der Waals surface area (Å²) in [5, 5.41) is 0. The van der Waals surface area contributed by atoms with Crippen molar-refractivity contribution in [1.29, 1.82) is 0 Å². The van der Waals surface area contributed by atoms with Crippen LogP contribution in [-0.4, -0.2) is 28.8 Å². The molecule has 0 spiro atoms. The maximum absolute atomic E-state index is 13.5. The summed E-state index contributed by atoms with van der Waals surface area (Å²) >= 11 is 0. The number of pyridine rings is 2. The van der Waals surface area contributed by atoms with Crippen LogP contribution in [0.2, 0.25) is 0 Å². The molecule has 3 heterocycles. The molecule has 5 rings (SSSR count). The first-order valence-electron chi connectivity index (χ1n) is 12.2. The van der Waals surface area contributed by atoms with E-state index in [0.29, 0.717) is 22.9 Å². The fourth-order valence-corrected chi connectivity index (χ4v) is 4.67. The summed E-state index contributed by atoms with van der Waals surface area (Å²) in [5.74, 6) is 1.25. The Hall–Kier alpha value is -4.05. The zero-order valence-corrected chi connectivity index (χ0v) is 20.0. The number of carbonyl (C=O) groups excluding carboxylic acids is 1. The van der Waals surface area contributed by atoms with Gasteiger partial charge in [-0.3, -0.25) is 9.78 Å². The molecular weight excluding hydrogens is 430 g/mol. The molecule has 4 aromatic rings. The number of aromatic nitrogens is 2. The smallest absolute Gasteiger partial charge is 0.213 e. The topological polar surface area (TPSA) is 46.1 Å². The lowest BCUT2D eigenvalue weighted by Crippen LogP contribution is -2.35. The Balaban J connectivity index is 1.36. The van der Waals surface area contributed by atoms with E-state index < -0.39 is 0 Å². The summed E-state index contributed by atoms with van der Waals surface area (Å²) in [7, 11) is 0. The monoisotopic (exact) mass is 459 g/mol. The Labute approximate surface area is 207 Å². The summed E-state index contributed by atoms with van der Waals surface area (Å²) in [6.07, 6.45) is 8.09. The van der Waals surface area contributed by atoms with Crippen LogP contribution >= 0.6 is 0 Å². The van der Waals surface area contributed by atoms with Crippen LogP contribution in [0.4, 0.5) is 5.82 Å². The summed E-state index contributed by atoms with van der Waals surface area (Å²) in [6, 6.07) is 28.4. The number of hydrogen-bond donors (Lipinski definition) is 0. The second-order valence-corrected chi connectivity index (χ2v) is 9.05. The Morgan fingerprint density at radius 1 is 0.914 bits per heavy atom. The summed E-state index contributed by atoms with van der Waals surface area (Å²) in [6.45, 7) is 3.74. The number of carbonyl (C=O) groups is 1. The SMILES string of the molecule is Cc1ncc(/C=C/c2ccccc2)cc1C(=O)c1cccc(N2CCCC(c3ccccc3)C2)n1. The number of nitrogens with zero attached hydrogens (tertiary/aromatic N) is 3. The molecule has 0 aliphatic carbocycles. The highest BCUT2D eigenvalue weighted by Gasteiger charge is 2.23. The van der Waals surface area contributed by atoms with Gasteiger partial charge in [-0.05, 0) is 54.7 Å². The van der Waals surface area contributed by atoms with Crippen LogP contribution in [0.3, 0.4) is 0 Å². The van der Waals surface area contributed by atoms with Gasteiger partial charge >= 0.3 is 0 Å². The van der Waals surface area contributed by atoms with Gasteiger partial charge in [-0.25, -0.2) is 4.98 Å². The molecule has 174 valence electrons. The first-order chi connectivity index (χ1) is 17.2. The maximum Gasteiger partial charge on any atom is 0.213 e. The van der Waals surface area contributed by atoms with E-state index in [4.69, 9.17) is 4.98 Å². The van der Waals surface area contributed by atoms with Crippen molar-refractivity contribution in [3.05, 3.63) is 125 Å². The second-order valence-electron chi connectivity index (χ2n) is 9.05. The van der Waals surface area contributed by atoms with Gasteiger partial charge in [0.05, 0.1) is 0 Å². The quantitative estimate of drug-likeness (QED) is 0.306. The van der Waals surface area contributed by atoms with Crippen molar-refractivity contribution in [2.24, 2.45) is 0 Å². The minimum absolute atomic E-state index is 0.0940. The molecular formula is C31H29N3O. The highest BCUT2D eigenvalue weighted by molar-refractivity contribution is 6.08. The van der Waals surface area contributed by atoms with Gasteiger partial charge in [0.1, 0.15) is 11.5 Å². The lowest BCUT2D eigenvalue weighted by atomic mass is 9.90. The molecule has 1 saturated heterocycles. The summed E-state index contributed by atoms with van der Waals surface area (Å²) in [5.41, 5.74) is 5.11. The number of hydrogen-bond acceptors (Lipinski definition) is 4. The van der Waals surface area contributed by atoms with Gasteiger partial charge in [-0.1, -0.05) is 78.9 Å². The second kappa shape index (κ2) is 10.5. The third-order valence-electron chi connectivity index (χ3n) is 6.60. The van der Waals surface area contributed by atoms with Crippen molar-refractivity contribution >= 4 is 23.8 Å². The molecule has 1 unspecified atom stereocenters. The van der Waals surface area contributed by atoms with E-state index in [1.54, 1.807) is 12.3 Å². The molecule has 0 bridgehead atoms. The zero-order chi connectivity index (χ0) is 24.0. The fourth-order valence-electron chi connectivity index (χ4n) is 4.67. The van der Waals surface area contributed by atoms with Crippen molar-refractivity contribution in [2.75, 3.05) is 18.0 Å². The van der Waals surface area contributed by atoms with Crippen molar-refractivity contribution in [2.45, 2.75) is 25.7 Å². The highest BCUT2D eigenvalue weighted by Crippen LogP contribution is 2.29. The largest absolute Gasteiger partial charge is 0.356 e. The van der Waals surface area contributed by atoms with Crippen LogP contribution in [-0.2, 0) is 0 Å². The molecule has 0 radical (unpaired) electrons. The number of anilines is 1. The van der Waals surface area contributed by atoms with Crippen molar-refractivity contribution in [1.82, 2.24) is 9.97 Å². The van der Waals surface area contributed by atoms with E-state index in [1.165, 1.54) is 12.0 Å². The molecule has 4 nitrogen and oxygen atoms in total. The molecule has 1 fully saturated rings. The van der Waals surface area contributed by atoms with Crippen LogP contribution in [0.1, 0.15) is 57.2 Å². The van der Waals surface area contributed by atoms with E-state index in [-0.39, 0.29) is 5.78 Å². The van der Waals surface area contributed by atoms with Gasteiger partial charge < -0.3 is 4.90 Å². The van der Waals surface area contributed by atoms with E-state index in [0.717, 1.165) is 36.5 Å². The number of piperidine rings is 1. The van der Waals surface area contributed by atoms with Gasteiger partial charge in [-0.2, -0.15) is 0 Å². The van der Waals surface area contributed by atoms with E-state index in [1.807, 2.05) is 67.6 Å². The van der Waals surface area contributed by atoms with E-state index >= 15 is 0 Å². The van der Waals surface area contributed by atoms with Crippen molar-refractivity contribution in [3.63, 3.8) is 0 Å². The van der Waals surface area contributed by atoms with Crippen LogP contribution in [0.15, 0.2) is 91.1 Å². The Morgan fingerprint density at radius 3 is 2.46 bits per heavy atom. The van der Waals surface area contributed by atoms with Gasteiger partial charge in [0.15, 0.2) is 0 Å². The third-order valence-corrected chi connectivity index (χ3v) is 6.60. The minimum Gasteiger partial charge on any atom is -0.356 e. The lowest BCUT2D eigenvalue weighted by molar-refractivity contribution is 0.103. The van der Waals surface area contributed by atoms with Crippen molar-refractivity contribution < 1.29 is 4.79 Å².